The third-order valence-corrected chi connectivity index (χ3v) is 3.92. The summed E-state index contributed by atoms with van der Waals surface area (Å²) in [5.74, 6) is 0.544. The average molecular weight is 323 g/mol. The molecule has 0 bridgehead atoms. The van der Waals surface area contributed by atoms with Crippen LogP contribution < -0.4 is 10.6 Å². The predicted molar refractivity (Wildman–Crippen MR) is 96.4 cm³/mol. The molecule has 5 nitrogen and oxygen atoms in total. The number of aromatic nitrogens is 1. The second kappa shape index (κ2) is 6.35. The fraction of sp³-hybridized carbons (Fsp3) is 0.263. The standard InChI is InChI=1S/C19H21N3O2/c1-11-5-6-12(2)16(9-11)22-19(23)13(3)20-15-7-8-18-17(10-15)21-14(4)24-18/h5-10,13,20H,1-4H3,(H,22,23)/t13-/m0/s1. The van der Waals surface area contributed by atoms with Gasteiger partial charge in [0.1, 0.15) is 11.6 Å². The molecule has 1 atom stereocenters. The quantitative estimate of drug-likeness (QED) is 0.755. The SMILES string of the molecule is Cc1ccc(C)c(NC(=O)[C@H](C)Nc2ccc3oc(C)nc3c2)c1. The molecule has 0 aliphatic heterocycles. The number of amides is 1. The molecule has 0 saturated heterocycles. The van der Waals surface area contributed by atoms with Crippen molar-refractivity contribution in [1.82, 2.24) is 4.98 Å². The second-order valence-corrected chi connectivity index (χ2v) is 6.09. The number of fused-ring (bicyclic) bond motifs is 1. The van der Waals surface area contributed by atoms with Crippen molar-refractivity contribution in [2.75, 3.05) is 10.6 Å². The molecule has 24 heavy (non-hydrogen) atoms. The Morgan fingerprint density at radius 3 is 2.71 bits per heavy atom. The summed E-state index contributed by atoms with van der Waals surface area (Å²) in [5.41, 5.74) is 5.35. The Morgan fingerprint density at radius 1 is 1.12 bits per heavy atom. The van der Waals surface area contributed by atoms with Crippen molar-refractivity contribution >= 4 is 28.4 Å². The van der Waals surface area contributed by atoms with Crippen LogP contribution in [0.1, 0.15) is 23.9 Å². The first-order valence-electron chi connectivity index (χ1n) is 7.94. The number of oxazole rings is 1. The van der Waals surface area contributed by atoms with Gasteiger partial charge in [-0.05, 0) is 56.2 Å². The predicted octanol–water partition coefficient (Wildman–Crippen LogP) is 4.19. The highest BCUT2D eigenvalue weighted by molar-refractivity contribution is 5.97. The number of nitrogens with one attached hydrogen (secondary N) is 2. The van der Waals surface area contributed by atoms with Crippen LogP contribution in [0.3, 0.4) is 0 Å². The molecule has 1 aromatic heterocycles. The monoisotopic (exact) mass is 323 g/mol. The van der Waals surface area contributed by atoms with Gasteiger partial charge in [-0.25, -0.2) is 4.98 Å². The van der Waals surface area contributed by atoms with Crippen LogP contribution in [0, 0.1) is 20.8 Å². The number of rotatable bonds is 4. The van der Waals surface area contributed by atoms with E-state index in [0.29, 0.717) is 5.89 Å². The van der Waals surface area contributed by atoms with Gasteiger partial charge in [0.2, 0.25) is 5.91 Å². The Hall–Kier alpha value is -2.82. The van der Waals surface area contributed by atoms with Crippen molar-refractivity contribution in [2.24, 2.45) is 0 Å². The van der Waals surface area contributed by atoms with Crippen LogP contribution in [0.25, 0.3) is 11.1 Å². The summed E-state index contributed by atoms with van der Waals surface area (Å²) in [4.78, 5) is 16.7. The Kier molecular flexibility index (Phi) is 4.25. The van der Waals surface area contributed by atoms with E-state index in [9.17, 15) is 4.79 Å². The maximum absolute atomic E-state index is 12.4. The van der Waals surface area contributed by atoms with Crippen LogP contribution in [-0.2, 0) is 4.79 Å². The van der Waals surface area contributed by atoms with E-state index in [1.54, 1.807) is 0 Å². The van der Waals surface area contributed by atoms with Crippen LogP contribution in [-0.4, -0.2) is 16.9 Å². The van der Waals surface area contributed by atoms with E-state index in [0.717, 1.165) is 33.6 Å². The first kappa shape index (κ1) is 16.1. The van der Waals surface area contributed by atoms with Crippen LogP contribution in [0.5, 0.6) is 0 Å². The Bertz CT molecular complexity index is 899. The second-order valence-electron chi connectivity index (χ2n) is 6.09. The highest BCUT2D eigenvalue weighted by Crippen LogP contribution is 2.21. The number of hydrogen-bond acceptors (Lipinski definition) is 4. The minimum absolute atomic E-state index is 0.0832. The molecular formula is C19H21N3O2. The highest BCUT2D eigenvalue weighted by Gasteiger charge is 2.14. The van der Waals surface area contributed by atoms with Gasteiger partial charge in [0.25, 0.3) is 0 Å². The van der Waals surface area contributed by atoms with Crippen molar-refractivity contribution in [1.29, 1.82) is 0 Å². The van der Waals surface area contributed by atoms with E-state index in [1.807, 2.05) is 64.1 Å². The van der Waals surface area contributed by atoms with Crippen molar-refractivity contribution in [2.45, 2.75) is 33.7 Å². The fourth-order valence-electron chi connectivity index (χ4n) is 2.56. The molecule has 5 heteroatoms. The number of benzene rings is 2. The zero-order valence-electron chi connectivity index (χ0n) is 14.3. The van der Waals surface area contributed by atoms with Crippen molar-refractivity contribution in [3.63, 3.8) is 0 Å². The molecule has 0 spiro atoms. The van der Waals surface area contributed by atoms with Crippen molar-refractivity contribution in [3.05, 3.63) is 53.4 Å². The molecule has 3 aromatic rings. The number of hydrogen-bond donors (Lipinski definition) is 2. The lowest BCUT2D eigenvalue weighted by atomic mass is 10.1. The van der Waals surface area contributed by atoms with Gasteiger partial charge in [-0.15, -0.1) is 0 Å². The maximum atomic E-state index is 12.4. The summed E-state index contributed by atoms with van der Waals surface area (Å²) < 4.78 is 5.46. The van der Waals surface area contributed by atoms with Gasteiger partial charge in [0.15, 0.2) is 11.5 Å². The number of anilines is 2. The molecule has 0 fully saturated rings. The molecular weight excluding hydrogens is 302 g/mol. The molecule has 0 aliphatic rings. The molecule has 2 aromatic carbocycles. The van der Waals surface area contributed by atoms with E-state index in [1.165, 1.54) is 0 Å². The summed E-state index contributed by atoms with van der Waals surface area (Å²) in [5, 5.41) is 6.18. The minimum atomic E-state index is -0.379. The minimum Gasteiger partial charge on any atom is -0.441 e. The van der Waals surface area contributed by atoms with Gasteiger partial charge in [-0.1, -0.05) is 12.1 Å². The van der Waals surface area contributed by atoms with Crippen LogP contribution >= 0.6 is 0 Å². The van der Waals surface area contributed by atoms with Gasteiger partial charge < -0.3 is 15.1 Å². The van der Waals surface area contributed by atoms with Crippen LogP contribution in [0.2, 0.25) is 0 Å². The van der Waals surface area contributed by atoms with E-state index in [-0.39, 0.29) is 11.9 Å². The lowest BCUT2D eigenvalue weighted by Gasteiger charge is -2.16. The third-order valence-electron chi connectivity index (χ3n) is 3.92. The summed E-state index contributed by atoms with van der Waals surface area (Å²) in [7, 11) is 0. The van der Waals surface area contributed by atoms with Crippen molar-refractivity contribution < 1.29 is 9.21 Å². The lowest BCUT2D eigenvalue weighted by molar-refractivity contribution is -0.116. The zero-order valence-corrected chi connectivity index (χ0v) is 14.3. The fourth-order valence-corrected chi connectivity index (χ4v) is 2.56. The largest absolute Gasteiger partial charge is 0.441 e. The Labute approximate surface area is 141 Å². The van der Waals surface area contributed by atoms with E-state index in [4.69, 9.17) is 4.42 Å². The number of carbonyl (C=O) groups excluding carboxylic acids is 1. The van der Waals surface area contributed by atoms with Gasteiger partial charge >= 0.3 is 0 Å². The zero-order chi connectivity index (χ0) is 17.3. The maximum Gasteiger partial charge on any atom is 0.246 e. The highest BCUT2D eigenvalue weighted by atomic mass is 16.3. The first-order valence-corrected chi connectivity index (χ1v) is 7.94. The summed E-state index contributed by atoms with van der Waals surface area (Å²) >= 11 is 0. The lowest BCUT2D eigenvalue weighted by Crippen LogP contribution is -2.32. The molecule has 124 valence electrons. The molecule has 0 unspecified atom stereocenters. The normalized spacial score (nSPS) is 12.2. The molecule has 1 heterocycles. The van der Waals surface area contributed by atoms with Crippen LogP contribution in [0.15, 0.2) is 40.8 Å². The van der Waals surface area contributed by atoms with E-state index in [2.05, 4.69) is 15.6 Å². The van der Waals surface area contributed by atoms with E-state index >= 15 is 0 Å². The smallest absolute Gasteiger partial charge is 0.246 e. The van der Waals surface area contributed by atoms with Gasteiger partial charge in [0, 0.05) is 18.3 Å². The van der Waals surface area contributed by atoms with Crippen LogP contribution in [0.4, 0.5) is 11.4 Å². The summed E-state index contributed by atoms with van der Waals surface area (Å²) in [6.45, 7) is 7.63. The Balaban J connectivity index is 1.71. The molecule has 0 saturated carbocycles. The van der Waals surface area contributed by atoms with Gasteiger partial charge in [0.05, 0.1) is 0 Å². The topological polar surface area (TPSA) is 67.2 Å². The van der Waals surface area contributed by atoms with Gasteiger partial charge in [-0.2, -0.15) is 0 Å². The number of aryl methyl sites for hydroxylation is 3. The van der Waals surface area contributed by atoms with E-state index < -0.39 is 0 Å². The molecule has 1 amide bonds. The van der Waals surface area contributed by atoms with Crippen molar-refractivity contribution in [3.8, 4) is 0 Å². The average Bonchev–Trinajstić information content (AvgIpc) is 2.90. The number of carbonyl (C=O) groups is 1. The molecule has 0 aliphatic carbocycles. The summed E-state index contributed by atoms with van der Waals surface area (Å²) in [6, 6.07) is 11.3. The number of nitrogens with zero attached hydrogens (tertiary/aromatic N) is 1. The molecule has 2 N–H and O–H groups in total. The third kappa shape index (κ3) is 3.40. The molecule has 0 radical (unpaired) electrons. The van der Waals surface area contributed by atoms with Gasteiger partial charge in [-0.3, -0.25) is 4.79 Å². The molecule has 3 rings (SSSR count). The Morgan fingerprint density at radius 2 is 1.92 bits per heavy atom. The first-order chi connectivity index (χ1) is 11.4. The summed E-state index contributed by atoms with van der Waals surface area (Å²) in [6.07, 6.45) is 0.